The lowest BCUT2D eigenvalue weighted by Gasteiger charge is -2.20. The molecule has 1 atom stereocenters. The topological polar surface area (TPSA) is 99.9 Å². The first-order valence-corrected chi connectivity index (χ1v) is 16.6. The van der Waals surface area contributed by atoms with E-state index in [2.05, 4.69) is 73.8 Å². The number of ketones is 1. The van der Waals surface area contributed by atoms with Gasteiger partial charge in [0.1, 0.15) is 22.9 Å². The van der Waals surface area contributed by atoms with Crippen molar-refractivity contribution in [3.63, 3.8) is 0 Å². The number of carbonyl (C=O) groups excluding carboxylic acids is 2. The Morgan fingerprint density at radius 1 is 0.739 bits per heavy atom. The number of fused-ring (bicyclic) bond motifs is 2. The molecule has 0 heterocycles. The van der Waals surface area contributed by atoms with Gasteiger partial charge in [-0.1, -0.05) is 74.5 Å². The second-order valence-electron chi connectivity index (χ2n) is 13.3. The van der Waals surface area contributed by atoms with Gasteiger partial charge in [-0.05, 0) is 92.5 Å². The van der Waals surface area contributed by atoms with Crippen molar-refractivity contribution in [2.45, 2.75) is 84.8 Å². The summed E-state index contributed by atoms with van der Waals surface area (Å²) in [4.78, 5) is 24.6. The summed E-state index contributed by atoms with van der Waals surface area (Å²) in [7, 11) is 0. The van der Waals surface area contributed by atoms with Crippen LogP contribution in [0.5, 0.6) is 11.5 Å². The zero-order valence-electron chi connectivity index (χ0n) is 28.1. The fourth-order valence-corrected chi connectivity index (χ4v) is 5.43. The number of amides is 1. The van der Waals surface area contributed by atoms with Crippen LogP contribution in [0.3, 0.4) is 0 Å². The molecule has 0 radical (unpaired) electrons. The minimum atomic E-state index is -0.529. The molecule has 7 nitrogen and oxygen atoms in total. The van der Waals surface area contributed by atoms with E-state index in [1.54, 1.807) is 0 Å². The van der Waals surface area contributed by atoms with Crippen LogP contribution in [-0.2, 0) is 9.53 Å². The summed E-state index contributed by atoms with van der Waals surface area (Å²) < 4.78 is 18.1. The van der Waals surface area contributed by atoms with Crippen LogP contribution in [0.15, 0.2) is 72.8 Å². The summed E-state index contributed by atoms with van der Waals surface area (Å²) in [6.07, 6.45) is 3.48. The molecule has 7 heteroatoms. The lowest BCUT2D eigenvalue weighted by Crippen LogP contribution is -2.33. The Morgan fingerprint density at radius 2 is 1.30 bits per heavy atom. The molecule has 4 rings (SSSR count). The number of nitrogens with one attached hydrogen (secondary N) is 1. The van der Waals surface area contributed by atoms with Gasteiger partial charge in [-0.2, -0.15) is 0 Å². The van der Waals surface area contributed by atoms with E-state index in [4.69, 9.17) is 19.9 Å². The number of hydrogen-bond acceptors (Lipinski definition) is 6. The lowest BCUT2D eigenvalue weighted by atomic mass is 9.92. The third-order valence-corrected chi connectivity index (χ3v) is 7.83. The molecule has 0 aliphatic rings. The Balaban J connectivity index is 1.42. The van der Waals surface area contributed by atoms with E-state index in [0.29, 0.717) is 44.9 Å². The highest BCUT2D eigenvalue weighted by Gasteiger charge is 2.20. The highest BCUT2D eigenvalue weighted by Crippen LogP contribution is 2.45. The Morgan fingerprint density at radius 3 is 1.87 bits per heavy atom. The largest absolute Gasteiger partial charge is 0.493 e. The molecule has 1 amide bonds. The van der Waals surface area contributed by atoms with Crippen molar-refractivity contribution in [3.05, 3.63) is 72.8 Å². The number of unbranched alkanes of at least 4 members (excludes halogenated alkanes) is 1. The molecular formula is C39H50N2O5. The van der Waals surface area contributed by atoms with Gasteiger partial charge in [-0.15, -0.1) is 0 Å². The third-order valence-electron chi connectivity index (χ3n) is 7.83. The van der Waals surface area contributed by atoms with E-state index in [-0.39, 0.29) is 5.78 Å². The van der Waals surface area contributed by atoms with Crippen LogP contribution in [0.25, 0.3) is 32.7 Å². The molecule has 4 aromatic rings. The van der Waals surface area contributed by atoms with Gasteiger partial charge < -0.3 is 25.3 Å². The molecule has 3 N–H and O–H groups in total. The molecule has 0 aromatic heterocycles. The first-order valence-electron chi connectivity index (χ1n) is 16.6. The van der Waals surface area contributed by atoms with Crippen molar-refractivity contribution in [2.75, 3.05) is 19.8 Å². The number of benzene rings is 4. The molecule has 0 fully saturated rings. The van der Waals surface area contributed by atoms with Crippen LogP contribution in [0, 0.1) is 5.92 Å². The highest BCUT2D eigenvalue weighted by atomic mass is 16.6. The summed E-state index contributed by atoms with van der Waals surface area (Å²) in [5.41, 5.74) is 7.70. The van der Waals surface area contributed by atoms with E-state index in [9.17, 15) is 9.59 Å². The van der Waals surface area contributed by atoms with Crippen LogP contribution >= 0.6 is 0 Å². The normalized spacial score (nSPS) is 12.3. The fourth-order valence-electron chi connectivity index (χ4n) is 5.43. The van der Waals surface area contributed by atoms with Gasteiger partial charge in [0.15, 0.2) is 0 Å². The number of nitrogens with two attached hydrogens (primary N) is 1. The summed E-state index contributed by atoms with van der Waals surface area (Å²) in [5, 5.41) is 7.19. The molecule has 0 spiro atoms. The molecule has 0 bridgehead atoms. The van der Waals surface area contributed by atoms with Crippen molar-refractivity contribution in [2.24, 2.45) is 11.7 Å². The summed E-state index contributed by atoms with van der Waals surface area (Å²) in [5.74, 6) is 2.16. The van der Waals surface area contributed by atoms with Crippen LogP contribution in [-0.4, -0.2) is 43.3 Å². The summed E-state index contributed by atoms with van der Waals surface area (Å²) >= 11 is 0. The van der Waals surface area contributed by atoms with Crippen LogP contribution < -0.4 is 20.5 Å². The molecule has 4 aromatic carbocycles. The fraction of sp³-hybridized carbons (Fsp3) is 0.436. The maximum Gasteiger partial charge on any atom is 0.407 e. The van der Waals surface area contributed by atoms with Crippen molar-refractivity contribution in [1.29, 1.82) is 0 Å². The average Bonchev–Trinajstić information content (AvgIpc) is 3.01. The van der Waals surface area contributed by atoms with Crippen molar-refractivity contribution in [1.82, 2.24) is 5.32 Å². The number of alkyl carbamates (subject to hydrolysis) is 1. The SMILES string of the molecule is CC(C)CCOc1ccc2ccccc2c1-c1c(OCCCC(=O)[C@H](N)CCCCNC(=O)OC(C)(C)C)ccc2ccccc12. The van der Waals surface area contributed by atoms with Gasteiger partial charge in [0.05, 0.1) is 19.3 Å². The van der Waals surface area contributed by atoms with E-state index in [1.807, 2.05) is 39.0 Å². The minimum absolute atomic E-state index is 0.0253. The first kappa shape index (κ1) is 34.8. The van der Waals surface area contributed by atoms with Crippen LogP contribution in [0.4, 0.5) is 4.79 Å². The molecule has 0 aliphatic heterocycles. The third kappa shape index (κ3) is 9.95. The Hall–Kier alpha value is -4.10. The smallest absolute Gasteiger partial charge is 0.407 e. The number of carbonyl (C=O) groups is 2. The van der Waals surface area contributed by atoms with E-state index in [0.717, 1.165) is 63.4 Å². The summed E-state index contributed by atoms with van der Waals surface area (Å²) in [6.45, 7) is 11.4. The molecule has 0 unspecified atom stereocenters. The van der Waals surface area contributed by atoms with Crippen molar-refractivity contribution in [3.8, 4) is 22.6 Å². The van der Waals surface area contributed by atoms with Gasteiger partial charge in [-0.3, -0.25) is 4.79 Å². The van der Waals surface area contributed by atoms with E-state index < -0.39 is 17.7 Å². The van der Waals surface area contributed by atoms with Gasteiger partial charge in [0.2, 0.25) is 0 Å². The Bertz CT molecular complexity index is 1610. The van der Waals surface area contributed by atoms with Crippen LogP contribution in [0.1, 0.15) is 73.1 Å². The zero-order chi connectivity index (χ0) is 33.1. The van der Waals surface area contributed by atoms with E-state index in [1.165, 1.54) is 0 Å². The van der Waals surface area contributed by atoms with Crippen LogP contribution in [0.2, 0.25) is 0 Å². The standard InChI is InChI=1S/C39H50N2O5/c1-27(2)23-26-45-35-22-20-29-14-7-9-16-31(29)37(35)36-30-15-8-6-13-28(30)19-21-34(36)44-25-12-18-33(42)32(40)17-10-11-24-41-38(43)46-39(3,4)5/h6-9,13-16,19-22,27,32H,10-12,17-18,23-26,40H2,1-5H3,(H,41,43)/t32-/m1/s1. The zero-order valence-corrected chi connectivity index (χ0v) is 28.1. The maximum absolute atomic E-state index is 12.8. The first-order chi connectivity index (χ1) is 22.0. The van der Waals surface area contributed by atoms with Crippen molar-refractivity contribution < 1.29 is 23.8 Å². The highest BCUT2D eigenvalue weighted by molar-refractivity contribution is 6.09. The molecule has 0 saturated heterocycles. The second-order valence-corrected chi connectivity index (χ2v) is 13.3. The number of Topliss-reactive ketones (excluding diaryl/α,β-unsaturated/α-hetero) is 1. The average molecular weight is 627 g/mol. The molecule has 246 valence electrons. The van der Waals surface area contributed by atoms with Gasteiger partial charge in [0, 0.05) is 24.1 Å². The molecular weight excluding hydrogens is 576 g/mol. The van der Waals surface area contributed by atoms with Gasteiger partial charge >= 0.3 is 6.09 Å². The lowest BCUT2D eigenvalue weighted by molar-refractivity contribution is -0.120. The molecule has 0 aliphatic carbocycles. The van der Waals surface area contributed by atoms with Gasteiger partial charge in [0.25, 0.3) is 0 Å². The maximum atomic E-state index is 12.8. The summed E-state index contributed by atoms with van der Waals surface area (Å²) in [6, 6.07) is 24.5. The Kier molecular flexibility index (Phi) is 12.4. The predicted octanol–water partition coefficient (Wildman–Crippen LogP) is 8.84. The second kappa shape index (κ2) is 16.5. The number of ether oxygens (including phenoxy) is 3. The predicted molar refractivity (Wildman–Crippen MR) is 188 cm³/mol. The molecule has 46 heavy (non-hydrogen) atoms. The number of hydrogen-bond donors (Lipinski definition) is 2. The minimum Gasteiger partial charge on any atom is -0.493 e. The Labute approximate surface area is 273 Å². The van der Waals surface area contributed by atoms with Gasteiger partial charge in [-0.25, -0.2) is 4.79 Å². The monoisotopic (exact) mass is 626 g/mol. The van der Waals surface area contributed by atoms with E-state index >= 15 is 0 Å². The number of rotatable bonds is 16. The quantitative estimate of drug-likeness (QED) is 0.121. The van der Waals surface area contributed by atoms with Crippen molar-refractivity contribution >= 4 is 33.4 Å². The molecule has 0 saturated carbocycles.